The zero-order valence-electron chi connectivity index (χ0n) is 12.4. The molecule has 20 heavy (non-hydrogen) atoms. The summed E-state index contributed by atoms with van der Waals surface area (Å²) in [5, 5.41) is 3.11. The van der Waals surface area contributed by atoms with Crippen molar-refractivity contribution in [1.29, 1.82) is 0 Å². The molecule has 3 N–H and O–H groups in total. The molecule has 0 aromatic heterocycles. The van der Waals surface area contributed by atoms with Gasteiger partial charge in [-0.2, -0.15) is 0 Å². The lowest BCUT2D eigenvalue weighted by Crippen LogP contribution is -2.38. The van der Waals surface area contributed by atoms with Crippen LogP contribution in [0.25, 0.3) is 0 Å². The predicted octanol–water partition coefficient (Wildman–Crippen LogP) is 2.17. The molecule has 0 heterocycles. The minimum absolute atomic E-state index is 0.00150. The first-order chi connectivity index (χ1) is 9.45. The average Bonchev–Trinajstić information content (AvgIpc) is 2.43. The van der Waals surface area contributed by atoms with Crippen LogP contribution in [0.2, 0.25) is 0 Å². The summed E-state index contributed by atoms with van der Waals surface area (Å²) in [6.07, 6.45) is 0.0822. The SMILES string of the molecule is C=C(C)C[C@H](N)C(=O)O[C@@H](c1ccccc1)[C@H](C)NC. The molecule has 0 aliphatic rings. The Balaban J connectivity index is 2.81. The molecule has 1 rings (SSSR count). The van der Waals surface area contributed by atoms with Crippen molar-refractivity contribution >= 4 is 5.97 Å². The molecule has 0 radical (unpaired) electrons. The van der Waals surface area contributed by atoms with Gasteiger partial charge in [0.2, 0.25) is 0 Å². The molecule has 1 aromatic carbocycles. The Hall–Kier alpha value is -1.65. The largest absolute Gasteiger partial charge is 0.455 e. The van der Waals surface area contributed by atoms with Crippen molar-refractivity contribution in [1.82, 2.24) is 5.32 Å². The van der Waals surface area contributed by atoms with E-state index in [0.717, 1.165) is 11.1 Å². The Morgan fingerprint density at radius 1 is 1.40 bits per heavy atom. The summed E-state index contributed by atoms with van der Waals surface area (Å²) < 4.78 is 5.58. The Morgan fingerprint density at radius 2 is 2.00 bits per heavy atom. The van der Waals surface area contributed by atoms with Gasteiger partial charge >= 0.3 is 5.97 Å². The number of benzene rings is 1. The molecule has 0 bridgehead atoms. The molecule has 110 valence electrons. The summed E-state index contributed by atoms with van der Waals surface area (Å²) in [4.78, 5) is 12.1. The first kappa shape index (κ1) is 16.4. The van der Waals surface area contributed by atoms with Gasteiger partial charge in [0.05, 0.1) is 0 Å². The van der Waals surface area contributed by atoms with Gasteiger partial charge in [-0.05, 0) is 32.9 Å². The Morgan fingerprint density at radius 3 is 2.50 bits per heavy atom. The first-order valence-corrected chi connectivity index (χ1v) is 6.78. The first-order valence-electron chi connectivity index (χ1n) is 6.78. The molecule has 0 unspecified atom stereocenters. The van der Waals surface area contributed by atoms with Gasteiger partial charge in [-0.25, -0.2) is 0 Å². The van der Waals surface area contributed by atoms with E-state index in [4.69, 9.17) is 10.5 Å². The van der Waals surface area contributed by atoms with E-state index in [1.165, 1.54) is 0 Å². The van der Waals surface area contributed by atoms with Crippen molar-refractivity contribution in [2.24, 2.45) is 5.73 Å². The van der Waals surface area contributed by atoms with E-state index in [9.17, 15) is 4.79 Å². The summed E-state index contributed by atoms with van der Waals surface area (Å²) in [6, 6.07) is 8.99. The number of nitrogens with one attached hydrogen (secondary N) is 1. The maximum absolute atomic E-state index is 12.1. The average molecular weight is 276 g/mol. The molecule has 1 aromatic rings. The highest BCUT2D eigenvalue weighted by atomic mass is 16.5. The van der Waals surface area contributed by atoms with Gasteiger partial charge < -0.3 is 15.8 Å². The molecular weight excluding hydrogens is 252 g/mol. The summed E-state index contributed by atoms with van der Waals surface area (Å²) in [6.45, 7) is 7.58. The fraction of sp³-hybridized carbons (Fsp3) is 0.438. The van der Waals surface area contributed by atoms with Crippen molar-refractivity contribution in [3.8, 4) is 0 Å². The lowest BCUT2D eigenvalue weighted by molar-refractivity contribution is -0.152. The van der Waals surface area contributed by atoms with Gasteiger partial charge in [0.15, 0.2) is 0 Å². The molecule has 0 saturated carbocycles. The zero-order valence-corrected chi connectivity index (χ0v) is 12.4. The summed E-state index contributed by atoms with van der Waals surface area (Å²) in [5.41, 5.74) is 7.65. The number of rotatable bonds is 7. The third-order valence-electron chi connectivity index (χ3n) is 3.15. The summed E-state index contributed by atoms with van der Waals surface area (Å²) in [5.74, 6) is -0.399. The van der Waals surface area contributed by atoms with Gasteiger partial charge in [-0.15, -0.1) is 6.58 Å². The highest BCUT2D eigenvalue weighted by Crippen LogP contribution is 2.22. The number of nitrogens with two attached hydrogens (primary N) is 1. The summed E-state index contributed by atoms with van der Waals surface area (Å²) >= 11 is 0. The van der Waals surface area contributed by atoms with Crippen LogP contribution in [0.4, 0.5) is 0 Å². The van der Waals surface area contributed by atoms with E-state index in [2.05, 4.69) is 11.9 Å². The van der Waals surface area contributed by atoms with Crippen LogP contribution in [-0.4, -0.2) is 25.1 Å². The fourth-order valence-electron chi connectivity index (χ4n) is 1.92. The minimum Gasteiger partial charge on any atom is -0.455 e. The predicted molar refractivity (Wildman–Crippen MR) is 81.2 cm³/mol. The van der Waals surface area contributed by atoms with Gasteiger partial charge in [0.25, 0.3) is 0 Å². The second-order valence-corrected chi connectivity index (χ2v) is 5.11. The monoisotopic (exact) mass is 276 g/mol. The Kier molecular flexibility index (Phi) is 6.42. The molecule has 0 aliphatic carbocycles. The molecule has 0 aliphatic heterocycles. The highest BCUT2D eigenvalue weighted by Gasteiger charge is 2.25. The second kappa shape index (κ2) is 7.82. The van der Waals surface area contributed by atoms with Gasteiger partial charge in [0, 0.05) is 6.04 Å². The number of likely N-dealkylation sites (N-methyl/N-ethyl adjacent to an activating group) is 1. The van der Waals surface area contributed by atoms with Crippen LogP contribution < -0.4 is 11.1 Å². The van der Waals surface area contributed by atoms with Crippen molar-refractivity contribution < 1.29 is 9.53 Å². The number of hydrogen-bond acceptors (Lipinski definition) is 4. The maximum atomic E-state index is 12.1. The number of carbonyl (C=O) groups excluding carboxylic acids is 1. The van der Waals surface area contributed by atoms with Crippen LogP contribution in [0.1, 0.15) is 31.9 Å². The van der Waals surface area contributed by atoms with E-state index >= 15 is 0 Å². The number of ether oxygens (including phenoxy) is 1. The third kappa shape index (κ3) is 4.79. The molecule has 3 atom stereocenters. The highest BCUT2D eigenvalue weighted by molar-refractivity contribution is 5.76. The van der Waals surface area contributed by atoms with E-state index in [1.54, 1.807) is 0 Å². The van der Waals surface area contributed by atoms with E-state index in [0.29, 0.717) is 6.42 Å². The van der Waals surface area contributed by atoms with Crippen molar-refractivity contribution in [2.75, 3.05) is 7.05 Å². The molecule has 0 amide bonds. The molecular formula is C16H24N2O2. The van der Waals surface area contributed by atoms with Gasteiger partial charge in [-0.3, -0.25) is 4.79 Å². The van der Waals surface area contributed by atoms with Crippen LogP contribution in [0.3, 0.4) is 0 Å². The number of hydrogen-bond donors (Lipinski definition) is 2. The van der Waals surface area contributed by atoms with Crippen LogP contribution >= 0.6 is 0 Å². The zero-order chi connectivity index (χ0) is 15.1. The van der Waals surface area contributed by atoms with Crippen LogP contribution in [0.5, 0.6) is 0 Å². The minimum atomic E-state index is -0.664. The van der Waals surface area contributed by atoms with Crippen LogP contribution in [0, 0.1) is 0 Å². The summed E-state index contributed by atoms with van der Waals surface area (Å²) in [7, 11) is 1.84. The Bertz CT molecular complexity index is 445. The fourth-order valence-corrected chi connectivity index (χ4v) is 1.92. The molecule has 4 nitrogen and oxygen atoms in total. The second-order valence-electron chi connectivity index (χ2n) is 5.11. The van der Waals surface area contributed by atoms with Crippen molar-refractivity contribution in [2.45, 2.75) is 38.5 Å². The topological polar surface area (TPSA) is 64.4 Å². The quantitative estimate of drug-likeness (QED) is 0.592. The van der Waals surface area contributed by atoms with E-state index in [-0.39, 0.29) is 12.1 Å². The lowest BCUT2D eigenvalue weighted by atomic mass is 10.0. The van der Waals surface area contributed by atoms with Crippen molar-refractivity contribution in [3.05, 3.63) is 48.0 Å². The van der Waals surface area contributed by atoms with Crippen LogP contribution in [-0.2, 0) is 9.53 Å². The molecule has 0 fully saturated rings. The van der Waals surface area contributed by atoms with Crippen molar-refractivity contribution in [3.63, 3.8) is 0 Å². The van der Waals surface area contributed by atoms with Crippen LogP contribution in [0.15, 0.2) is 42.5 Å². The Labute approximate surface area is 121 Å². The molecule has 0 spiro atoms. The molecule has 4 heteroatoms. The maximum Gasteiger partial charge on any atom is 0.323 e. The molecule has 0 saturated heterocycles. The van der Waals surface area contributed by atoms with E-state index < -0.39 is 12.0 Å². The number of carbonyl (C=O) groups is 1. The van der Waals surface area contributed by atoms with Gasteiger partial charge in [0.1, 0.15) is 12.1 Å². The number of esters is 1. The van der Waals surface area contributed by atoms with Gasteiger partial charge in [-0.1, -0.05) is 35.9 Å². The smallest absolute Gasteiger partial charge is 0.323 e. The normalized spacial score (nSPS) is 15.2. The third-order valence-corrected chi connectivity index (χ3v) is 3.15. The standard InChI is InChI=1S/C16H24N2O2/c1-11(2)10-14(17)16(19)20-15(12(3)18-4)13-8-6-5-7-9-13/h5-9,12,14-15,18H,1,10,17H2,2-4H3/t12-,14-,15+/m0/s1. The van der Waals surface area contributed by atoms with E-state index in [1.807, 2.05) is 51.2 Å². The lowest BCUT2D eigenvalue weighted by Gasteiger charge is -2.25.